The summed E-state index contributed by atoms with van der Waals surface area (Å²) in [7, 11) is 1.96. The van der Waals surface area contributed by atoms with Crippen LogP contribution in [0.3, 0.4) is 0 Å². The van der Waals surface area contributed by atoms with Crippen molar-refractivity contribution in [2.24, 2.45) is 0 Å². The molecule has 0 saturated heterocycles. The lowest BCUT2D eigenvalue weighted by Crippen LogP contribution is -2.06. The van der Waals surface area contributed by atoms with Gasteiger partial charge in [-0.05, 0) is 44.5 Å². The minimum atomic E-state index is 0.729. The molecule has 0 saturated carbocycles. The van der Waals surface area contributed by atoms with Gasteiger partial charge in [-0.25, -0.2) is 0 Å². The molecule has 0 fully saturated rings. The lowest BCUT2D eigenvalue weighted by atomic mass is 10.1. The topological polar surface area (TPSA) is 21.3 Å². The molecule has 0 unspecified atom stereocenters. The molecule has 0 aliphatic carbocycles. The fourth-order valence-corrected chi connectivity index (χ4v) is 1.72. The van der Waals surface area contributed by atoms with Gasteiger partial charge in [0.2, 0.25) is 0 Å². The van der Waals surface area contributed by atoms with Crippen molar-refractivity contribution in [2.75, 3.05) is 13.7 Å². The fraction of sp³-hybridized carbons (Fsp3) is 0.500. The van der Waals surface area contributed by atoms with E-state index in [4.69, 9.17) is 4.74 Å². The Kier molecular flexibility index (Phi) is 3.96. The Hall–Kier alpha value is -1.02. The van der Waals surface area contributed by atoms with Crippen molar-refractivity contribution in [2.45, 2.75) is 27.3 Å². The third kappa shape index (κ3) is 2.48. The zero-order valence-corrected chi connectivity index (χ0v) is 9.48. The van der Waals surface area contributed by atoms with Crippen LogP contribution in [0.1, 0.15) is 23.6 Å². The van der Waals surface area contributed by atoms with E-state index >= 15 is 0 Å². The molecule has 1 aromatic carbocycles. The molecule has 78 valence electrons. The first kappa shape index (κ1) is 11.1. The SMILES string of the molecule is CCOc1c(C)cc(CNC)cc1C. The average Bonchev–Trinajstić information content (AvgIpc) is 2.12. The van der Waals surface area contributed by atoms with Gasteiger partial charge in [0.1, 0.15) is 5.75 Å². The molecule has 0 atom stereocenters. The highest BCUT2D eigenvalue weighted by atomic mass is 16.5. The van der Waals surface area contributed by atoms with E-state index in [9.17, 15) is 0 Å². The van der Waals surface area contributed by atoms with Crippen molar-refractivity contribution in [1.82, 2.24) is 5.32 Å². The van der Waals surface area contributed by atoms with E-state index in [0.29, 0.717) is 0 Å². The van der Waals surface area contributed by atoms with E-state index in [0.717, 1.165) is 18.9 Å². The van der Waals surface area contributed by atoms with E-state index in [1.54, 1.807) is 0 Å². The van der Waals surface area contributed by atoms with Crippen LogP contribution in [0.2, 0.25) is 0 Å². The van der Waals surface area contributed by atoms with Crippen molar-refractivity contribution in [3.8, 4) is 5.75 Å². The summed E-state index contributed by atoms with van der Waals surface area (Å²) < 4.78 is 5.58. The molecule has 0 radical (unpaired) electrons. The van der Waals surface area contributed by atoms with Crippen molar-refractivity contribution < 1.29 is 4.74 Å². The smallest absolute Gasteiger partial charge is 0.125 e. The molecule has 2 heteroatoms. The Labute approximate surface area is 86.3 Å². The van der Waals surface area contributed by atoms with Gasteiger partial charge in [-0.1, -0.05) is 12.1 Å². The molecular weight excluding hydrogens is 174 g/mol. The summed E-state index contributed by atoms with van der Waals surface area (Å²) in [5.41, 5.74) is 3.75. The lowest BCUT2D eigenvalue weighted by molar-refractivity contribution is 0.335. The zero-order chi connectivity index (χ0) is 10.6. The quantitative estimate of drug-likeness (QED) is 0.793. The van der Waals surface area contributed by atoms with Crippen LogP contribution >= 0.6 is 0 Å². The first-order chi connectivity index (χ1) is 6.69. The highest BCUT2D eigenvalue weighted by Gasteiger charge is 2.04. The van der Waals surface area contributed by atoms with Gasteiger partial charge in [-0.3, -0.25) is 0 Å². The first-order valence-corrected chi connectivity index (χ1v) is 5.06. The van der Waals surface area contributed by atoms with E-state index in [-0.39, 0.29) is 0 Å². The molecule has 0 amide bonds. The second-order valence-corrected chi connectivity index (χ2v) is 3.52. The van der Waals surface area contributed by atoms with Gasteiger partial charge in [0.05, 0.1) is 6.61 Å². The number of ether oxygens (including phenoxy) is 1. The predicted octanol–water partition coefficient (Wildman–Crippen LogP) is 2.42. The molecular formula is C12H19NO. The van der Waals surface area contributed by atoms with Crippen molar-refractivity contribution in [3.05, 3.63) is 28.8 Å². The normalized spacial score (nSPS) is 10.3. The van der Waals surface area contributed by atoms with Crippen LogP contribution in [-0.2, 0) is 6.54 Å². The molecule has 0 aliphatic rings. The fourth-order valence-electron chi connectivity index (χ4n) is 1.72. The predicted molar refractivity (Wildman–Crippen MR) is 59.8 cm³/mol. The first-order valence-electron chi connectivity index (χ1n) is 5.06. The van der Waals surface area contributed by atoms with Crippen LogP contribution in [0.5, 0.6) is 5.75 Å². The van der Waals surface area contributed by atoms with Crippen molar-refractivity contribution in [3.63, 3.8) is 0 Å². The van der Waals surface area contributed by atoms with Gasteiger partial charge in [0.15, 0.2) is 0 Å². The standard InChI is InChI=1S/C12H19NO/c1-5-14-12-9(2)6-11(8-13-4)7-10(12)3/h6-7,13H,5,8H2,1-4H3. The minimum Gasteiger partial charge on any atom is -0.493 e. The maximum Gasteiger partial charge on any atom is 0.125 e. The van der Waals surface area contributed by atoms with Crippen LogP contribution in [0.4, 0.5) is 0 Å². The van der Waals surface area contributed by atoms with Crippen LogP contribution in [-0.4, -0.2) is 13.7 Å². The van der Waals surface area contributed by atoms with Crippen LogP contribution in [0, 0.1) is 13.8 Å². The summed E-state index contributed by atoms with van der Waals surface area (Å²) in [4.78, 5) is 0. The lowest BCUT2D eigenvalue weighted by Gasteiger charge is -2.12. The molecule has 0 bridgehead atoms. The number of nitrogens with one attached hydrogen (secondary N) is 1. The molecule has 1 aromatic rings. The van der Waals surface area contributed by atoms with Crippen LogP contribution < -0.4 is 10.1 Å². The van der Waals surface area contributed by atoms with Crippen LogP contribution in [0.25, 0.3) is 0 Å². The number of hydrogen-bond donors (Lipinski definition) is 1. The van der Waals surface area contributed by atoms with E-state index in [2.05, 4.69) is 31.3 Å². The summed E-state index contributed by atoms with van der Waals surface area (Å²) >= 11 is 0. The number of aryl methyl sites for hydroxylation is 2. The molecule has 0 heterocycles. The second-order valence-electron chi connectivity index (χ2n) is 3.52. The molecule has 1 N–H and O–H groups in total. The largest absolute Gasteiger partial charge is 0.493 e. The second kappa shape index (κ2) is 5.01. The number of rotatable bonds is 4. The monoisotopic (exact) mass is 193 g/mol. The van der Waals surface area contributed by atoms with Crippen molar-refractivity contribution >= 4 is 0 Å². The van der Waals surface area contributed by atoms with E-state index in [1.807, 2.05) is 14.0 Å². The zero-order valence-electron chi connectivity index (χ0n) is 9.48. The third-order valence-corrected chi connectivity index (χ3v) is 2.19. The van der Waals surface area contributed by atoms with E-state index in [1.165, 1.54) is 16.7 Å². The Balaban J connectivity index is 2.98. The summed E-state index contributed by atoms with van der Waals surface area (Å²) in [5.74, 6) is 1.03. The van der Waals surface area contributed by atoms with E-state index < -0.39 is 0 Å². The van der Waals surface area contributed by atoms with Crippen LogP contribution in [0.15, 0.2) is 12.1 Å². The highest BCUT2D eigenvalue weighted by molar-refractivity contribution is 5.43. The molecule has 0 spiro atoms. The Morgan fingerprint density at radius 2 is 1.79 bits per heavy atom. The summed E-state index contributed by atoms with van der Waals surface area (Å²) in [5, 5.41) is 3.15. The van der Waals surface area contributed by atoms with Crippen molar-refractivity contribution in [1.29, 1.82) is 0 Å². The van der Waals surface area contributed by atoms with Gasteiger partial charge in [0, 0.05) is 6.54 Å². The Morgan fingerprint density at radius 1 is 1.21 bits per heavy atom. The Bertz CT molecular complexity index is 284. The molecule has 2 nitrogen and oxygen atoms in total. The third-order valence-electron chi connectivity index (χ3n) is 2.19. The number of benzene rings is 1. The average molecular weight is 193 g/mol. The highest BCUT2D eigenvalue weighted by Crippen LogP contribution is 2.24. The summed E-state index contributed by atoms with van der Waals surface area (Å²) in [6, 6.07) is 4.35. The number of hydrogen-bond acceptors (Lipinski definition) is 2. The summed E-state index contributed by atoms with van der Waals surface area (Å²) in [6.45, 7) is 7.84. The van der Waals surface area contributed by atoms with Gasteiger partial charge in [0.25, 0.3) is 0 Å². The molecule has 14 heavy (non-hydrogen) atoms. The summed E-state index contributed by atoms with van der Waals surface area (Å²) in [6.07, 6.45) is 0. The minimum absolute atomic E-state index is 0.729. The van der Waals surface area contributed by atoms with Gasteiger partial charge in [-0.15, -0.1) is 0 Å². The van der Waals surface area contributed by atoms with Gasteiger partial charge >= 0.3 is 0 Å². The molecule has 0 aromatic heterocycles. The van der Waals surface area contributed by atoms with Gasteiger partial charge in [-0.2, -0.15) is 0 Å². The molecule has 1 rings (SSSR count). The maximum atomic E-state index is 5.58. The Morgan fingerprint density at radius 3 is 2.21 bits per heavy atom. The van der Waals surface area contributed by atoms with Gasteiger partial charge < -0.3 is 10.1 Å². The molecule has 0 aliphatic heterocycles. The maximum absolute atomic E-state index is 5.58.